The molecular weight excluding hydrogens is 190 g/mol. The lowest BCUT2D eigenvalue weighted by Gasteiger charge is -2.10. The zero-order valence-electron chi connectivity index (χ0n) is 8.57. The number of nitrogens with one attached hydrogen (secondary N) is 2. The molecule has 15 heavy (non-hydrogen) atoms. The van der Waals surface area contributed by atoms with Crippen LogP contribution >= 0.6 is 0 Å². The first-order valence-corrected chi connectivity index (χ1v) is 5.23. The molecule has 0 radical (unpaired) electrons. The van der Waals surface area contributed by atoms with Gasteiger partial charge in [-0.2, -0.15) is 0 Å². The van der Waals surface area contributed by atoms with Gasteiger partial charge in [0.15, 0.2) is 0 Å². The van der Waals surface area contributed by atoms with Gasteiger partial charge in [0.1, 0.15) is 0 Å². The van der Waals surface area contributed by atoms with Crippen LogP contribution in [0.4, 0.5) is 0 Å². The SMILES string of the molecule is O=C(Cc1ccncc1)NC1CCNC1. The molecule has 0 spiro atoms. The standard InChI is InChI=1S/C11H15N3O/c15-11(14-10-3-6-13-8-10)7-9-1-4-12-5-2-9/h1-2,4-5,10,13H,3,6-8H2,(H,14,15). The molecule has 1 aromatic rings. The second-order valence-corrected chi connectivity index (χ2v) is 3.79. The fraction of sp³-hybridized carbons (Fsp3) is 0.455. The molecule has 1 saturated heterocycles. The third-order valence-electron chi connectivity index (χ3n) is 2.54. The van der Waals surface area contributed by atoms with Crippen molar-refractivity contribution < 1.29 is 4.79 Å². The average Bonchev–Trinajstić information content (AvgIpc) is 2.71. The predicted molar refractivity (Wildman–Crippen MR) is 57.4 cm³/mol. The number of aromatic nitrogens is 1. The highest BCUT2D eigenvalue weighted by Crippen LogP contribution is 2.00. The molecule has 0 aromatic carbocycles. The van der Waals surface area contributed by atoms with Crippen molar-refractivity contribution in [2.45, 2.75) is 18.9 Å². The first-order chi connectivity index (χ1) is 7.34. The lowest BCUT2D eigenvalue weighted by molar-refractivity contribution is -0.121. The van der Waals surface area contributed by atoms with E-state index in [1.165, 1.54) is 0 Å². The molecule has 0 aliphatic carbocycles. The van der Waals surface area contributed by atoms with E-state index in [9.17, 15) is 4.79 Å². The van der Waals surface area contributed by atoms with Gasteiger partial charge in [-0.1, -0.05) is 0 Å². The summed E-state index contributed by atoms with van der Waals surface area (Å²) in [7, 11) is 0. The Bertz CT molecular complexity index is 320. The number of rotatable bonds is 3. The highest BCUT2D eigenvalue weighted by Gasteiger charge is 2.16. The van der Waals surface area contributed by atoms with Crippen LogP contribution in [0.5, 0.6) is 0 Å². The van der Waals surface area contributed by atoms with Crippen molar-refractivity contribution in [3.05, 3.63) is 30.1 Å². The van der Waals surface area contributed by atoms with Gasteiger partial charge in [0.05, 0.1) is 6.42 Å². The van der Waals surface area contributed by atoms with Crippen LogP contribution in [-0.4, -0.2) is 30.0 Å². The van der Waals surface area contributed by atoms with Crippen LogP contribution in [0.2, 0.25) is 0 Å². The highest BCUT2D eigenvalue weighted by atomic mass is 16.1. The molecule has 1 atom stereocenters. The Labute approximate surface area is 89.1 Å². The molecule has 1 fully saturated rings. The van der Waals surface area contributed by atoms with Crippen LogP contribution < -0.4 is 10.6 Å². The van der Waals surface area contributed by atoms with E-state index in [1.807, 2.05) is 12.1 Å². The van der Waals surface area contributed by atoms with Crippen LogP contribution in [0.3, 0.4) is 0 Å². The van der Waals surface area contributed by atoms with Crippen molar-refractivity contribution in [2.24, 2.45) is 0 Å². The Hall–Kier alpha value is -1.42. The monoisotopic (exact) mass is 205 g/mol. The summed E-state index contributed by atoms with van der Waals surface area (Å²) in [4.78, 5) is 15.5. The van der Waals surface area contributed by atoms with Crippen molar-refractivity contribution in [1.82, 2.24) is 15.6 Å². The summed E-state index contributed by atoms with van der Waals surface area (Å²) in [6.07, 6.45) is 4.89. The Morgan fingerprint density at radius 1 is 1.53 bits per heavy atom. The van der Waals surface area contributed by atoms with E-state index in [0.717, 1.165) is 25.1 Å². The van der Waals surface area contributed by atoms with Gasteiger partial charge < -0.3 is 10.6 Å². The van der Waals surface area contributed by atoms with Crippen LogP contribution in [-0.2, 0) is 11.2 Å². The summed E-state index contributed by atoms with van der Waals surface area (Å²) >= 11 is 0. The van der Waals surface area contributed by atoms with Gasteiger partial charge in [-0.25, -0.2) is 0 Å². The van der Waals surface area contributed by atoms with Crippen molar-refractivity contribution >= 4 is 5.91 Å². The third kappa shape index (κ3) is 3.02. The smallest absolute Gasteiger partial charge is 0.224 e. The molecule has 1 aliphatic rings. The molecule has 1 aromatic heterocycles. The maximum absolute atomic E-state index is 11.6. The van der Waals surface area contributed by atoms with E-state index in [1.54, 1.807) is 12.4 Å². The van der Waals surface area contributed by atoms with Gasteiger partial charge in [0, 0.05) is 25.0 Å². The Kier molecular flexibility index (Phi) is 3.29. The Morgan fingerprint density at radius 3 is 3.00 bits per heavy atom. The zero-order valence-corrected chi connectivity index (χ0v) is 8.57. The molecular formula is C11H15N3O. The molecule has 4 heteroatoms. The maximum Gasteiger partial charge on any atom is 0.224 e. The summed E-state index contributed by atoms with van der Waals surface area (Å²) in [5, 5.41) is 6.22. The molecule has 80 valence electrons. The highest BCUT2D eigenvalue weighted by molar-refractivity contribution is 5.78. The zero-order chi connectivity index (χ0) is 10.5. The molecule has 2 rings (SSSR count). The number of hydrogen-bond acceptors (Lipinski definition) is 3. The molecule has 1 unspecified atom stereocenters. The first kappa shape index (κ1) is 10.1. The van der Waals surface area contributed by atoms with Crippen LogP contribution in [0.1, 0.15) is 12.0 Å². The number of pyridine rings is 1. The van der Waals surface area contributed by atoms with E-state index in [-0.39, 0.29) is 5.91 Å². The van der Waals surface area contributed by atoms with Gasteiger partial charge in [-0.05, 0) is 30.7 Å². The lowest BCUT2D eigenvalue weighted by atomic mass is 10.2. The van der Waals surface area contributed by atoms with Gasteiger partial charge in [0.25, 0.3) is 0 Å². The van der Waals surface area contributed by atoms with Crippen LogP contribution in [0.25, 0.3) is 0 Å². The molecule has 1 aliphatic heterocycles. The number of carbonyl (C=O) groups is 1. The van der Waals surface area contributed by atoms with Crippen molar-refractivity contribution in [3.63, 3.8) is 0 Å². The lowest BCUT2D eigenvalue weighted by Crippen LogP contribution is -2.37. The number of nitrogens with zero attached hydrogens (tertiary/aromatic N) is 1. The maximum atomic E-state index is 11.6. The van der Waals surface area contributed by atoms with Crippen LogP contribution in [0.15, 0.2) is 24.5 Å². The fourth-order valence-electron chi connectivity index (χ4n) is 1.74. The summed E-state index contributed by atoms with van der Waals surface area (Å²) in [6, 6.07) is 4.04. The quantitative estimate of drug-likeness (QED) is 0.736. The number of carbonyl (C=O) groups excluding carboxylic acids is 1. The van der Waals surface area contributed by atoms with Crippen LogP contribution in [0, 0.1) is 0 Å². The molecule has 0 saturated carbocycles. The molecule has 2 heterocycles. The van der Waals surface area contributed by atoms with Crippen molar-refractivity contribution in [1.29, 1.82) is 0 Å². The van der Waals surface area contributed by atoms with E-state index in [4.69, 9.17) is 0 Å². The summed E-state index contributed by atoms with van der Waals surface area (Å²) < 4.78 is 0. The largest absolute Gasteiger partial charge is 0.352 e. The summed E-state index contributed by atoms with van der Waals surface area (Å²) in [6.45, 7) is 1.89. The minimum Gasteiger partial charge on any atom is -0.352 e. The first-order valence-electron chi connectivity index (χ1n) is 5.23. The molecule has 1 amide bonds. The van der Waals surface area contributed by atoms with Crippen molar-refractivity contribution in [3.8, 4) is 0 Å². The Balaban J connectivity index is 1.82. The predicted octanol–water partition coefficient (Wildman–Crippen LogP) is 0.102. The third-order valence-corrected chi connectivity index (χ3v) is 2.54. The average molecular weight is 205 g/mol. The van der Waals surface area contributed by atoms with E-state index >= 15 is 0 Å². The van der Waals surface area contributed by atoms with E-state index in [2.05, 4.69) is 15.6 Å². The summed E-state index contributed by atoms with van der Waals surface area (Å²) in [5.74, 6) is 0.0925. The summed E-state index contributed by atoms with van der Waals surface area (Å²) in [5.41, 5.74) is 1.01. The van der Waals surface area contributed by atoms with Gasteiger partial charge >= 0.3 is 0 Å². The number of hydrogen-bond donors (Lipinski definition) is 2. The second-order valence-electron chi connectivity index (χ2n) is 3.79. The van der Waals surface area contributed by atoms with E-state index < -0.39 is 0 Å². The van der Waals surface area contributed by atoms with Gasteiger partial charge in [-0.3, -0.25) is 9.78 Å². The normalized spacial score (nSPS) is 20.1. The van der Waals surface area contributed by atoms with Crippen molar-refractivity contribution in [2.75, 3.05) is 13.1 Å². The van der Waals surface area contributed by atoms with Gasteiger partial charge in [-0.15, -0.1) is 0 Å². The minimum atomic E-state index is 0.0925. The Morgan fingerprint density at radius 2 is 2.33 bits per heavy atom. The molecule has 4 nitrogen and oxygen atoms in total. The minimum absolute atomic E-state index is 0.0925. The fourth-order valence-corrected chi connectivity index (χ4v) is 1.74. The van der Waals surface area contributed by atoms with E-state index in [0.29, 0.717) is 12.5 Å². The number of amides is 1. The second kappa shape index (κ2) is 4.89. The molecule has 2 N–H and O–H groups in total. The topological polar surface area (TPSA) is 54.0 Å². The van der Waals surface area contributed by atoms with Gasteiger partial charge in [0.2, 0.25) is 5.91 Å². The molecule has 0 bridgehead atoms.